The molecule has 0 bridgehead atoms. The first-order chi connectivity index (χ1) is 16.6. The third-order valence-corrected chi connectivity index (χ3v) is 5.86. The van der Waals surface area contributed by atoms with Gasteiger partial charge in [-0.25, -0.2) is 19.2 Å². The highest BCUT2D eigenvalue weighted by atomic mass is 19.1. The van der Waals surface area contributed by atoms with Crippen molar-refractivity contribution >= 4 is 11.9 Å². The van der Waals surface area contributed by atoms with Gasteiger partial charge in [0.25, 0.3) is 0 Å². The van der Waals surface area contributed by atoms with Crippen molar-refractivity contribution in [3.05, 3.63) is 65.6 Å². The number of para-hydroxylation sites is 1. The van der Waals surface area contributed by atoms with E-state index in [-0.39, 0.29) is 17.7 Å². The van der Waals surface area contributed by atoms with E-state index in [2.05, 4.69) is 20.6 Å². The Labute approximate surface area is 202 Å². The standard InChI is InChI=1S/C26H27FN4O4/c1-14(2)34-20-12-9-15(13-29-20)19-11-10-17-21(26(3,4)24(32)31-25(33)28-5)16-7-6-8-18(27)22(16)35-23(17)30-19/h6-14,21H,1-5H3,(H2,28,31,32,33)/t21-/m0/s1. The fourth-order valence-electron chi connectivity index (χ4n) is 4.12. The van der Waals surface area contributed by atoms with Crippen LogP contribution in [0.2, 0.25) is 0 Å². The molecular formula is C26H27FN4O4. The van der Waals surface area contributed by atoms with Crippen molar-refractivity contribution in [1.82, 2.24) is 20.6 Å². The molecule has 0 spiro atoms. The number of carbonyl (C=O) groups is 2. The number of halogens is 1. The number of carbonyl (C=O) groups excluding carboxylic acids is 2. The molecule has 3 amide bonds. The van der Waals surface area contributed by atoms with Crippen molar-refractivity contribution in [2.24, 2.45) is 5.41 Å². The van der Waals surface area contributed by atoms with Crippen molar-refractivity contribution in [3.8, 4) is 28.8 Å². The van der Waals surface area contributed by atoms with E-state index in [1.54, 1.807) is 44.3 Å². The van der Waals surface area contributed by atoms with E-state index in [9.17, 15) is 14.0 Å². The number of pyridine rings is 2. The molecule has 9 heteroatoms. The van der Waals surface area contributed by atoms with Crippen LogP contribution in [-0.4, -0.2) is 35.1 Å². The average molecular weight is 479 g/mol. The van der Waals surface area contributed by atoms with Gasteiger partial charge < -0.3 is 14.8 Å². The van der Waals surface area contributed by atoms with Crippen LogP contribution < -0.4 is 20.1 Å². The molecule has 1 aromatic carbocycles. The number of ether oxygens (including phenoxy) is 2. The van der Waals surface area contributed by atoms with Gasteiger partial charge in [-0.2, -0.15) is 0 Å². The van der Waals surface area contributed by atoms with Crippen molar-refractivity contribution in [1.29, 1.82) is 0 Å². The molecule has 1 atom stereocenters. The number of amides is 3. The van der Waals surface area contributed by atoms with Gasteiger partial charge in [0.1, 0.15) is 0 Å². The third-order valence-electron chi connectivity index (χ3n) is 5.86. The molecule has 8 nitrogen and oxygen atoms in total. The van der Waals surface area contributed by atoms with Crippen molar-refractivity contribution < 1.29 is 23.5 Å². The predicted octanol–water partition coefficient (Wildman–Crippen LogP) is 4.79. The highest BCUT2D eigenvalue weighted by Crippen LogP contribution is 2.52. The first kappa shape index (κ1) is 24.1. The fraction of sp³-hybridized carbons (Fsp3) is 0.308. The van der Waals surface area contributed by atoms with E-state index < -0.39 is 29.1 Å². The Morgan fingerprint density at radius 3 is 2.54 bits per heavy atom. The van der Waals surface area contributed by atoms with Crippen LogP contribution >= 0.6 is 0 Å². The van der Waals surface area contributed by atoms with Gasteiger partial charge in [0.05, 0.1) is 17.2 Å². The summed E-state index contributed by atoms with van der Waals surface area (Å²) < 4.78 is 26.3. The molecule has 0 unspecified atom stereocenters. The average Bonchev–Trinajstić information content (AvgIpc) is 2.82. The second-order valence-electron chi connectivity index (χ2n) is 9.09. The Kier molecular flexibility index (Phi) is 6.43. The summed E-state index contributed by atoms with van der Waals surface area (Å²) in [7, 11) is 1.42. The zero-order valence-electron chi connectivity index (χ0n) is 20.2. The smallest absolute Gasteiger partial charge is 0.321 e. The lowest BCUT2D eigenvalue weighted by molar-refractivity contribution is -0.128. The Balaban J connectivity index is 1.77. The summed E-state index contributed by atoms with van der Waals surface area (Å²) in [6.45, 7) is 7.24. The second-order valence-corrected chi connectivity index (χ2v) is 9.09. The minimum atomic E-state index is -1.14. The van der Waals surface area contributed by atoms with Gasteiger partial charge in [0, 0.05) is 41.9 Å². The zero-order valence-corrected chi connectivity index (χ0v) is 20.2. The number of benzene rings is 1. The highest BCUT2D eigenvalue weighted by Gasteiger charge is 2.45. The molecule has 1 aliphatic rings. The molecule has 0 radical (unpaired) electrons. The zero-order chi connectivity index (χ0) is 25.3. The number of nitrogens with one attached hydrogen (secondary N) is 2. The monoisotopic (exact) mass is 478 g/mol. The molecule has 182 valence electrons. The van der Waals surface area contributed by atoms with E-state index in [4.69, 9.17) is 9.47 Å². The number of hydrogen-bond acceptors (Lipinski definition) is 6. The molecule has 3 aromatic rings. The lowest BCUT2D eigenvalue weighted by Gasteiger charge is -2.37. The number of rotatable bonds is 5. The van der Waals surface area contributed by atoms with Crippen LogP contribution in [0.15, 0.2) is 48.7 Å². The van der Waals surface area contributed by atoms with Crippen LogP contribution in [0.1, 0.15) is 44.7 Å². The largest absolute Gasteiger partial charge is 0.475 e. The van der Waals surface area contributed by atoms with E-state index >= 15 is 0 Å². The van der Waals surface area contributed by atoms with Crippen molar-refractivity contribution in [3.63, 3.8) is 0 Å². The number of hydrogen-bond donors (Lipinski definition) is 2. The maximum absolute atomic E-state index is 14.8. The molecule has 0 fully saturated rings. The lowest BCUT2D eigenvalue weighted by Crippen LogP contribution is -2.47. The van der Waals surface area contributed by atoms with Gasteiger partial charge in [0.2, 0.25) is 17.7 Å². The Bertz CT molecular complexity index is 1270. The molecule has 3 heterocycles. The Morgan fingerprint density at radius 1 is 1.11 bits per heavy atom. The molecule has 0 saturated carbocycles. The minimum absolute atomic E-state index is 0.000488. The fourth-order valence-corrected chi connectivity index (χ4v) is 4.12. The molecular weight excluding hydrogens is 451 g/mol. The highest BCUT2D eigenvalue weighted by molar-refractivity contribution is 5.97. The number of fused-ring (bicyclic) bond motifs is 2. The van der Waals surface area contributed by atoms with Gasteiger partial charge in [0.15, 0.2) is 11.6 Å². The van der Waals surface area contributed by atoms with Crippen LogP contribution in [0.25, 0.3) is 11.3 Å². The first-order valence-electron chi connectivity index (χ1n) is 11.2. The van der Waals surface area contributed by atoms with Gasteiger partial charge in [-0.15, -0.1) is 0 Å². The molecule has 2 N–H and O–H groups in total. The Hall–Kier alpha value is -4.01. The van der Waals surface area contributed by atoms with Gasteiger partial charge in [-0.3, -0.25) is 10.1 Å². The molecule has 0 saturated heterocycles. The number of aromatic nitrogens is 2. The number of urea groups is 1. The summed E-state index contributed by atoms with van der Waals surface area (Å²) in [6.07, 6.45) is 1.64. The molecule has 35 heavy (non-hydrogen) atoms. The summed E-state index contributed by atoms with van der Waals surface area (Å²) in [5.41, 5.74) is 1.25. The van der Waals surface area contributed by atoms with E-state index in [0.29, 0.717) is 22.7 Å². The first-order valence-corrected chi connectivity index (χ1v) is 11.2. The molecule has 2 aromatic heterocycles. The van der Waals surface area contributed by atoms with E-state index in [1.165, 1.54) is 13.1 Å². The molecule has 4 rings (SSSR count). The normalized spacial score (nSPS) is 14.4. The van der Waals surface area contributed by atoms with Crippen LogP contribution in [0.3, 0.4) is 0 Å². The van der Waals surface area contributed by atoms with Gasteiger partial charge in [-0.05, 0) is 32.0 Å². The number of imide groups is 1. The van der Waals surface area contributed by atoms with Crippen LogP contribution in [0.5, 0.6) is 17.5 Å². The van der Waals surface area contributed by atoms with Gasteiger partial charge >= 0.3 is 6.03 Å². The third kappa shape index (κ3) is 4.66. The summed E-state index contributed by atoms with van der Waals surface area (Å²) in [6, 6.07) is 11.1. The SMILES string of the molecule is CNC(=O)NC(=O)C(C)(C)[C@@H]1c2ccc(-c3ccc(OC(C)C)nc3)nc2Oc2c(F)cccc21. The van der Waals surface area contributed by atoms with E-state index in [0.717, 1.165) is 5.56 Å². The van der Waals surface area contributed by atoms with Crippen LogP contribution in [-0.2, 0) is 4.79 Å². The summed E-state index contributed by atoms with van der Waals surface area (Å²) >= 11 is 0. The van der Waals surface area contributed by atoms with Crippen LogP contribution in [0.4, 0.5) is 9.18 Å². The summed E-state index contributed by atoms with van der Waals surface area (Å²) in [4.78, 5) is 33.9. The van der Waals surface area contributed by atoms with E-state index in [1.807, 2.05) is 26.0 Å². The maximum Gasteiger partial charge on any atom is 0.321 e. The molecule has 1 aliphatic heterocycles. The van der Waals surface area contributed by atoms with Gasteiger partial charge in [-0.1, -0.05) is 32.0 Å². The minimum Gasteiger partial charge on any atom is -0.475 e. The Morgan fingerprint density at radius 2 is 1.89 bits per heavy atom. The molecule has 0 aliphatic carbocycles. The summed E-state index contributed by atoms with van der Waals surface area (Å²) in [5, 5.41) is 4.71. The lowest BCUT2D eigenvalue weighted by atomic mass is 9.69. The quantitative estimate of drug-likeness (QED) is 0.547. The van der Waals surface area contributed by atoms with Crippen LogP contribution in [0, 0.1) is 11.2 Å². The second kappa shape index (κ2) is 9.32. The maximum atomic E-state index is 14.8. The number of nitrogens with zero attached hydrogens (tertiary/aromatic N) is 2. The predicted molar refractivity (Wildman–Crippen MR) is 128 cm³/mol. The van der Waals surface area contributed by atoms with Crippen molar-refractivity contribution in [2.75, 3.05) is 7.05 Å². The topological polar surface area (TPSA) is 102 Å². The summed E-state index contributed by atoms with van der Waals surface area (Å²) in [5.74, 6) is -1.01. The van der Waals surface area contributed by atoms with Crippen molar-refractivity contribution in [2.45, 2.75) is 39.7 Å².